The molecule has 0 atom stereocenters. The van der Waals surface area contributed by atoms with Gasteiger partial charge in [-0.05, 0) is 49.4 Å². The topological polar surface area (TPSA) is 115 Å². The Morgan fingerprint density at radius 2 is 1.83 bits per heavy atom. The number of nitrogens with one attached hydrogen (secondary N) is 1. The molecule has 35 heavy (non-hydrogen) atoms. The zero-order valence-electron chi connectivity index (χ0n) is 21.1. The highest BCUT2D eigenvalue weighted by Crippen LogP contribution is 2.31. The van der Waals surface area contributed by atoms with E-state index < -0.39 is 5.60 Å². The highest BCUT2D eigenvalue weighted by Gasteiger charge is 2.22. The highest BCUT2D eigenvalue weighted by molar-refractivity contribution is 6.06. The average molecular weight is 475 g/mol. The number of fused-ring (bicyclic) bond motifs is 3. The predicted molar refractivity (Wildman–Crippen MR) is 144 cm³/mol. The molecule has 0 radical (unpaired) electrons. The quantitative estimate of drug-likeness (QED) is 0.245. The van der Waals surface area contributed by atoms with Crippen LogP contribution in [0.3, 0.4) is 0 Å². The smallest absolute Gasteiger partial charge is 0.152 e. The highest BCUT2D eigenvalue weighted by atomic mass is 16.3. The summed E-state index contributed by atoms with van der Waals surface area (Å²) in [5.41, 5.74) is 17.3. The van der Waals surface area contributed by atoms with Gasteiger partial charge in [0.05, 0.1) is 23.2 Å². The number of nitrogens with two attached hydrogens (primary N) is 2. The van der Waals surface area contributed by atoms with E-state index in [1.807, 2.05) is 13.8 Å². The van der Waals surface area contributed by atoms with Crippen LogP contribution in [0.15, 0.2) is 42.5 Å². The fourth-order valence-electron chi connectivity index (χ4n) is 4.62. The summed E-state index contributed by atoms with van der Waals surface area (Å²) < 4.78 is 2.14. The molecule has 0 saturated carbocycles. The number of imidazole rings is 1. The molecule has 0 aliphatic heterocycles. The van der Waals surface area contributed by atoms with Crippen molar-refractivity contribution in [1.29, 1.82) is 0 Å². The minimum absolute atomic E-state index is 0.435. The van der Waals surface area contributed by atoms with E-state index in [4.69, 9.17) is 21.4 Å². The standard InChI is InChI=1S/C28H38N6O/c1-4-5-9-24-33-25-26(34(24)18-28(2,3)35)22-11-10-20(16-23(22)32-27(25)30)14-19-7-6-8-21(15-19)17-31-13-12-29/h6-8,10-11,15-16,31,35H,4-5,9,12-14,17-18,29H2,1-3H3,(H2,30,32). The Hall–Kier alpha value is -3.00. The van der Waals surface area contributed by atoms with E-state index in [-0.39, 0.29) is 0 Å². The number of rotatable bonds is 11. The normalized spacial score (nSPS) is 12.1. The monoisotopic (exact) mass is 474 g/mol. The second kappa shape index (κ2) is 10.7. The fraction of sp³-hybridized carbons (Fsp3) is 0.429. The molecular weight excluding hydrogens is 436 g/mol. The number of nitrogen functional groups attached to an aromatic ring is 1. The van der Waals surface area contributed by atoms with Crippen LogP contribution in [0.1, 0.15) is 56.1 Å². The molecule has 0 aliphatic carbocycles. The summed E-state index contributed by atoms with van der Waals surface area (Å²) >= 11 is 0. The molecule has 0 aliphatic rings. The van der Waals surface area contributed by atoms with Crippen molar-refractivity contribution in [2.45, 2.75) is 65.1 Å². The summed E-state index contributed by atoms with van der Waals surface area (Å²) in [5, 5.41) is 15.0. The first-order valence-corrected chi connectivity index (χ1v) is 12.6. The third-order valence-corrected chi connectivity index (χ3v) is 6.20. The van der Waals surface area contributed by atoms with Gasteiger partial charge in [0.15, 0.2) is 5.82 Å². The summed E-state index contributed by atoms with van der Waals surface area (Å²) in [6, 6.07) is 15.0. The zero-order chi connectivity index (χ0) is 25.0. The van der Waals surface area contributed by atoms with Gasteiger partial charge < -0.3 is 26.5 Å². The maximum atomic E-state index is 10.6. The maximum absolute atomic E-state index is 10.6. The van der Waals surface area contributed by atoms with Crippen molar-refractivity contribution in [3.8, 4) is 0 Å². The number of aryl methyl sites for hydroxylation is 1. The van der Waals surface area contributed by atoms with E-state index in [0.717, 1.165) is 66.5 Å². The van der Waals surface area contributed by atoms with Crippen molar-refractivity contribution in [3.05, 3.63) is 65.0 Å². The van der Waals surface area contributed by atoms with E-state index in [1.165, 1.54) is 16.7 Å². The van der Waals surface area contributed by atoms with E-state index >= 15 is 0 Å². The van der Waals surface area contributed by atoms with Gasteiger partial charge in [-0.25, -0.2) is 9.97 Å². The molecule has 0 fully saturated rings. The third-order valence-electron chi connectivity index (χ3n) is 6.20. The van der Waals surface area contributed by atoms with Gasteiger partial charge in [0.1, 0.15) is 11.3 Å². The lowest BCUT2D eigenvalue weighted by molar-refractivity contribution is 0.0618. The maximum Gasteiger partial charge on any atom is 0.152 e. The summed E-state index contributed by atoms with van der Waals surface area (Å²) in [5.74, 6) is 1.39. The molecule has 2 aromatic carbocycles. The fourth-order valence-corrected chi connectivity index (χ4v) is 4.62. The minimum atomic E-state index is -0.872. The van der Waals surface area contributed by atoms with Crippen LogP contribution in [0, 0.1) is 0 Å². The second-order valence-corrected chi connectivity index (χ2v) is 10.0. The van der Waals surface area contributed by atoms with E-state index in [2.05, 4.69) is 59.3 Å². The lowest BCUT2D eigenvalue weighted by Gasteiger charge is -2.21. The zero-order valence-corrected chi connectivity index (χ0v) is 21.1. The van der Waals surface area contributed by atoms with Crippen molar-refractivity contribution in [1.82, 2.24) is 19.9 Å². The van der Waals surface area contributed by atoms with Gasteiger partial charge in [0, 0.05) is 31.4 Å². The third kappa shape index (κ3) is 5.99. The number of nitrogens with zero attached hydrogens (tertiary/aromatic N) is 3. The summed E-state index contributed by atoms with van der Waals surface area (Å²) in [7, 11) is 0. The first-order valence-electron chi connectivity index (χ1n) is 12.6. The van der Waals surface area contributed by atoms with E-state index in [0.29, 0.717) is 18.9 Å². The van der Waals surface area contributed by atoms with Gasteiger partial charge in [-0.3, -0.25) is 0 Å². The molecule has 0 spiro atoms. The molecular formula is C28H38N6O. The van der Waals surface area contributed by atoms with Crippen molar-refractivity contribution in [3.63, 3.8) is 0 Å². The predicted octanol–water partition coefficient (Wildman–Crippen LogP) is 3.92. The van der Waals surface area contributed by atoms with E-state index in [9.17, 15) is 5.11 Å². The van der Waals surface area contributed by atoms with Crippen LogP contribution >= 0.6 is 0 Å². The Bertz CT molecular complexity index is 1300. The summed E-state index contributed by atoms with van der Waals surface area (Å²) in [4.78, 5) is 9.59. The Morgan fingerprint density at radius 1 is 1.06 bits per heavy atom. The second-order valence-electron chi connectivity index (χ2n) is 10.0. The summed E-state index contributed by atoms with van der Waals surface area (Å²) in [6.45, 7) is 8.52. The van der Waals surface area contributed by atoms with Crippen LogP contribution in [-0.4, -0.2) is 38.3 Å². The number of anilines is 1. The van der Waals surface area contributed by atoms with Crippen LogP contribution < -0.4 is 16.8 Å². The average Bonchev–Trinajstić information content (AvgIpc) is 3.15. The van der Waals surface area contributed by atoms with Crippen LogP contribution in [0.4, 0.5) is 5.82 Å². The van der Waals surface area contributed by atoms with Crippen LogP contribution in [0.25, 0.3) is 21.9 Å². The van der Waals surface area contributed by atoms with Crippen LogP contribution in [0.5, 0.6) is 0 Å². The Kier molecular flexibility index (Phi) is 7.69. The lowest BCUT2D eigenvalue weighted by atomic mass is 10.0. The largest absolute Gasteiger partial charge is 0.389 e. The van der Waals surface area contributed by atoms with Crippen molar-refractivity contribution < 1.29 is 5.11 Å². The van der Waals surface area contributed by atoms with Crippen molar-refractivity contribution in [2.75, 3.05) is 18.8 Å². The van der Waals surface area contributed by atoms with Gasteiger partial charge >= 0.3 is 0 Å². The van der Waals surface area contributed by atoms with Gasteiger partial charge in [-0.2, -0.15) is 0 Å². The number of aromatic nitrogens is 3. The Labute approximate surface area is 207 Å². The first-order chi connectivity index (χ1) is 16.8. The number of aliphatic hydroxyl groups is 1. The van der Waals surface area contributed by atoms with Crippen LogP contribution in [-0.2, 0) is 25.9 Å². The van der Waals surface area contributed by atoms with E-state index in [1.54, 1.807) is 0 Å². The van der Waals surface area contributed by atoms with Crippen molar-refractivity contribution >= 4 is 27.8 Å². The van der Waals surface area contributed by atoms with Gasteiger partial charge in [-0.1, -0.05) is 49.7 Å². The lowest BCUT2D eigenvalue weighted by Crippen LogP contribution is -2.27. The van der Waals surface area contributed by atoms with Gasteiger partial charge in [0.25, 0.3) is 0 Å². The number of benzene rings is 2. The molecule has 6 N–H and O–H groups in total. The van der Waals surface area contributed by atoms with Gasteiger partial charge in [0.2, 0.25) is 0 Å². The van der Waals surface area contributed by atoms with Crippen molar-refractivity contribution in [2.24, 2.45) is 5.73 Å². The molecule has 2 heterocycles. The molecule has 4 rings (SSSR count). The summed E-state index contributed by atoms with van der Waals surface area (Å²) in [6.07, 6.45) is 3.76. The number of unbranched alkanes of at least 4 members (excludes halogenated alkanes) is 1. The first kappa shape index (κ1) is 25.1. The number of pyridine rings is 1. The van der Waals surface area contributed by atoms with Gasteiger partial charge in [-0.15, -0.1) is 0 Å². The Morgan fingerprint density at radius 3 is 2.57 bits per heavy atom. The molecule has 2 aromatic heterocycles. The molecule has 0 bridgehead atoms. The molecule has 186 valence electrons. The molecule has 7 nitrogen and oxygen atoms in total. The van der Waals surface area contributed by atoms with Crippen LogP contribution in [0.2, 0.25) is 0 Å². The number of hydrogen-bond donors (Lipinski definition) is 4. The molecule has 0 saturated heterocycles. The molecule has 7 heteroatoms. The molecule has 0 unspecified atom stereocenters. The molecule has 4 aromatic rings. The minimum Gasteiger partial charge on any atom is -0.389 e. The Balaban J connectivity index is 1.72. The molecule has 0 amide bonds. The SMILES string of the molecule is CCCCc1nc2c(N)nc3cc(Cc4cccc(CNCCN)c4)ccc3c2n1CC(C)(C)O. The number of hydrogen-bond acceptors (Lipinski definition) is 6.